The summed E-state index contributed by atoms with van der Waals surface area (Å²) in [5.41, 5.74) is 0.628. The molecule has 0 radical (unpaired) electrons. The lowest BCUT2D eigenvalue weighted by Crippen LogP contribution is -2.53. The van der Waals surface area contributed by atoms with E-state index in [9.17, 15) is 23.5 Å². The zero-order chi connectivity index (χ0) is 21.7. The summed E-state index contributed by atoms with van der Waals surface area (Å²) in [7, 11) is 0. The Morgan fingerprint density at radius 1 is 1.10 bits per heavy atom. The highest BCUT2D eigenvalue weighted by molar-refractivity contribution is 9.10. The van der Waals surface area contributed by atoms with Gasteiger partial charge in [0.25, 0.3) is 5.91 Å². The van der Waals surface area contributed by atoms with Crippen LogP contribution in [0.2, 0.25) is 0 Å². The van der Waals surface area contributed by atoms with Crippen LogP contribution in [-0.2, 0) is 6.54 Å². The number of aromatic hydroxyl groups is 1. The third kappa shape index (κ3) is 5.38. The Labute approximate surface area is 180 Å². The molecule has 3 amide bonds. The maximum Gasteiger partial charge on any atom is 0.387 e. The maximum absolute atomic E-state index is 12.6. The van der Waals surface area contributed by atoms with Gasteiger partial charge in [-0.2, -0.15) is 8.78 Å². The van der Waals surface area contributed by atoms with Crippen LogP contribution in [0.15, 0.2) is 46.9 Å². The highest BCUT2D eigenvalue weighted by atomic mass is 79.9. The standard InChI is InChI=1S/C20H20BrF2N3O4/c21-14-5-6-17(30-19(22)23)13(11-14)12-24-20(29)26-9-7-25(8-10-26)18(28)15-3-1-2-4-16(15)27/h1-6,11,19,27H,7-10,12H2,(H,24,29). The summed E-state index contributed by atoms with van der Waals surface area (Å²) >= 11 is 3.27. The molecule has 1 aliphatic heterocycles. The number of carbonyl (C=O) groups is 2. The minimum Gasteiger partial charge on any atom is -0.507 e. The number of ether oxygens (including phenoxy) is 1. The lowest BCUT2D eigenvalue weighted by Gasteiger charge is -2.34. The van der Waals surface area contributed by atoms with Crippen LogP contribution in [0.5, 0.6) is 11.5 Å². The number of nitrogens with one attached hydrogen (secondary N) is 1. The van der Waals surface area contributed by atoms with Crippen molar-refractivity contribution in [3.63, 3.8) is 0 Å². The SMILES string of the molecule is O=C(NCc1cc(Br)ccc1OC(F)F)N1CCN(C(=O)c2ccccc2O)CC1. The van der Waals surface area contributed by atoms with Crippen LogP contribution >= 0.6 is 15.9 Å². The van der Waals surface area contributed by atoms with E-state index in [-0.39, 0.29) is 35.5 Å². The Hall–Kier alpha value is -2.88. The molecule has 7 nitrogen and oxygen atoms in total. The Kier molecular flexibility index (Phi) is 7.09. The fraction of sp³-hybridized carbons (Fsp3) is 0.300. The minimum absolute atomic E-state index is 0.00779. The molecule has 3 rings (SSSR count). The number of para-hydroxylation sites is 1. The minimum atomic E-state index is -2.96. The summed E-state index contributed by atoms with van der Waals surface area (Å²) in [5, 5.41) is 12.5. The molecule has 160 valence electrons. The zero-order valence-electron chi connectivity index (χ0n) is 15.9. The predicted octanol–water partition coefficient (Wildman–Crippen LogP) is 3.42. The fourth-order valence-corrected chi connectivity index (χ4v) is 3.53. The third-order valence-electron chi connectivity index (χ3n) is 4.66. The summed E-state index contributed by atoms with van der Waals surface area (Å²) in [6, 6.07) is 10.5. The van der Waals surface area contributed by atoms with Crippen LogP contribution in [0, 0.1) is 0 Å². The van der Waals surface area contributed by atoms with Gasteiger partial charge in [0.05, 0.1) is 5.56 Å². The number of piperazine rings is 1. The first-order valence-electron chi connectivity index (χ1n) is 9.18. The number of alkyl halides is 2. The van der Waals surface area contributed by atoms with E-state index in [0.717, 1.165) is 0 Å². The highest BCUT2D eigenvalue weighted by Crippen LogP contribution is 2.25. The van der Waals surface area contributed by atoms with E-state index in [2.05, 4.69) is 26.0 Å². The van der Waals surface area contributed by atoms with Gasteiger partial charge in [0, 0.05) is 42.8 Å². The van der Waals surface area contributed by atoms with Gasteiger partial charge in [-0.3, -0.25) is 4.79 Å². The Morgan fingerprint density at radius 2 is 1.77 bits per heavy atom. The van der Waals surface area contributed by atoms with Gasteiger partial charge < -0.3 is 25.0 Å². The van der Waals surface area contributed by atoms with Crippen molar-refractivity contribution in [3.05, 3.63) is 58.1 Å². The molecule has 0 aromatic heterocycles. The number of hydrogen-bond acceptors (Lipinski definition) is 4. The quantitative estimate of drug-likeness (QED) is 0.682. The first-order chi connectivity index (χ1) is 14.3. The largest absolute Gasteiger partial charge is 0.507 e. The smallest absolute Gasteiger partial charge is 0.387 e. The maximum atomic E-state index is 12.6. The molecule has 2 aromatic carbocycles. The molecule has 0 bridgehead atoms. The fourth-order valence-electron chi connectivity index (χ4n) is 3.12. The summed E-state index contributed by atoms with van der Waals surface area (Å²) in [5.74, 6) is -0.388. The summed E-state index contributed by atoms with van der Waals surface area (Å²) in [6.07, 6.45) is 0. The second kappa shape index (κ2) is 9.75. The number of phenols is 1. The van der Waals surface area contributed by atoms with Crippen LogP contribution in [0.25, 0.3) is 0 Å². The van der Waals surface area contributed by atoms with Gasteiger partial charge in [-0.25, -0.2) is 4.79 Å². The molecule has 30 heavy (non-hydrogen) atoms. The molecule has 0 saturated carbocycles. The molecular formula is C20H20BrF2N3O4. The van der Waals surface area contributed by atoms with Crippen LogP contribution < -0.4 is 10.1 Å². The van der Waals surface area contributed by atoms with Gasteiger partial charge in [0.2, 0.25) is 0 Å². The molecule has 1 heterocycles. The molecule has 0 aliphatic carbocycles. The second-order valence-corrected chi connectivity index (χ2v) is 7.50. The Morgan fingerprint density at radius 3 is 2.43 bits per heavy atom. The average molecular weight is 484 g/mol. The topological polar surface area (TPSA) is 82.1 Å². The van der Waals surface area contributed by atoms with Crippen molar-refractivity contribution in [3.8, 4) is 11.5 Å². The zero-order valence-corrected chi connectivity index (χ0v) is 17.4. The van der Waals surface area contributed by atoms with Crippen LogP contribution in [0.4, 0.5) is 13.6 Å². The molecule has 0 spiro atoms. The average Bonchev–Trinajstić information content (AvgIpc) is 2.73. The van der Waals surface area contributed by atoms with E-state index in [1.807, 2.05) is 0 Å². The normalized spacial score (nSPS) is 14.0. The van der Waals surface area contributed by atoms with Crippen LogP contribution in [0.1, 0.15) is 15.9 Å². The number of halogens is 3. The molecule has 0 atom stereocenters. The molecule has 2 N–H and O–H groups in total. The van der Waals surface area contributed by atoms with Crippen molar-refractivity contribution >= 4 is 27.9 Å². The van der Waals surface area contributed by atoms with Crippen molar-refractivity contribution in [1.29, 1.82) is 0 Å². The molecule has 1 saturated heterocycles. The van der Waals surface area contributed by atoms with Gasteiger partial charge in [0.15, 0.2) is 0 Å². The van der Waals surface area contributed by atoms with Crippen molar-refractivity contribution < 1.29 is 28.2 Å². The monoisotopic (exact) mass is 483 g/mol. The summed E-state index contributed by atoms with van der Waals surface area (Å²) < 4.78 is 30.3. The first-order valence-corrected chi connectivity index (χ1v) is 9.97. The number of hydrogen-bond donors (Lipinski definition) is 2. The second-order valence-electron chi connectivity index (χ2n) is 6.59. The molecule has 0 unspecified atom stereocenters. The van der Waals surface area contributed by atoms with Gasteiger partial charge in [0.1, 0.15) is 11.5 Å². The van der Waals surface area contributed by atoms with E-state index in [4.69, 9.17) is 0 Å². The van der Waals surface area contributed by atoms with Gasteiger partial charge in [-0.15, -0.1) is 0 Å². The van der Waals surface area contributed by atoms with Crippen molar-refractivity contribution in [2.24, 2.45) is 0 Å². The van der Waals surface area contributed by atoms with Crippen molar-refractivity contribution in [2.75, 3.05) is 26.2 Å². The highest BCUT2D eigenvalue weighted by Gasteiger charge is 2.26. The number of rotatable bonds is 5. The number of phenolic OH excluding ortho intramolecular Hbond substituents is 1. The van der Waals surface area contributed by atoms with Gasteiger partial charge in [-0.05, 0) is 30.3 Å². The number of nitrogens with zero attached hydrogens (tertiary/aromatic N) is 2. The Balaban J connectivity index is 1.54. The van der Waals surface area contributed by atoms with E-state index < -0.39 is 6.61 Å². The van der Waals surface area contributed by atoms with Crippen LogP contribution in [-0.4, -0.2) is 59.6 Å². The molecule has 1 fully saturated rings. The van der Waals surface area contributed by atoms with Crippen molar-refractivity contribution in [2.45, 2.75) is 13.2 Å². The first kappa shape index (κ1) is 21.8. The third-order valence-corrected chi connectivity index (χ3v) is 5.15. The van der Waals surface area contributed by atoms with Gasteiger partial charge >= 0.3 is 12.6 Å². The van der Waals surface area contributed by atoms with Gasteiger partial charge in [-0.1, -0.05) is 28.1 Å². The van der Waals surface area contributed by atoms with Crippen LogP contribution in [0.3, 0.4) is 0 Å². The summed E-state index contributed by atoms with van der Waals surface area (Å²) in [4.78, 5) is 28.1. The lowest BCUT2D eigenvalue weighted by molar-refractivity contribution is -0.0504. The number of benzene rings is 2. The van der Waals surface area contributed by atoms with Crippen molar-refractivity contribution in [1.82, 2.24) is 15.1 Å². The molecule has 1 aliphatic rings. The van der Waals surface area contributed by atoms with E-state index in [1.165, 1.54) is 12.1 Å². The molecule has 10 heteroatoms. The summed E-state index contributed by atoms with van der Waals surface area (Å²) in [6.45, 7) is -1.70. The Bertz CT molecular complexity index is 921. The predicted molar refractivity (Wildman–Crippen MR) is 109 cm³/mol. The number of carbonyl (C=O) groups excluding carboxylic acids is 2. The molecule has 2 aromatic rings. The van der Waals surface area contributed by atoms with E-state index >= 15 is 0 Å². The molecular weight excluding hydrogens is 464 g/mol. The number of urea groups is 1. The van der Waals surface area contributed by atoms with E-state index in [0.29, 0.717) is 36.2 Å². The van der Waals surface area contributed by atoms with E-state index in [1.54, 1.807) is 40.1 Å². The number of amides is 3. The lowest BCUT2D eigenvalue weighted by atomic mass is 10.1.